The van der Waals surface area contributed by atoms with E-state index in [-0.39, 0.29) is 0 Å². The summed E-state index contributed by atoms with van der Waals surface area (Å²) in [6, 6.07) is 7.98. The van der Waals surface area contributed by atoms with Crippen LogP contribution in [0.25, 0.3) is 21.9 Å². The highest BCUT2D eigenvalue weighted by Crippen LogP contribution is 2.29. The van der Waals surface area contributed by atoms with Gasteiger partial charge in [0, 0.05) is 23.2 Å². The van der Waals surface area contributed by atoms with E-state index in [1.165, 1.54) is 10.9 Å². The van der Waals surface area contributed by atoms with E-state index in [2.05, 4.69) is 18.0 Å². The van der Waals surface area contributed by atoms with Gasteiger partial charge in [0.05, 0.1) is 0 Å². The maximum absolute atomic E-state index is 5.69. The summed E-state index contributed by atoms with van der Waals surface area (Å²) in [6.07, 6.45) is 3.61. The van der Waals surface area contributed by atoms with Crippen molar-refractivity contribution in [3.63, 3.8) is 0 Å². The van der Waals surface area contributed by atoms with Crippen molar-refractivity contribution in [3.8, 4) is 0 Å². The number of pyridine rings is 1. The number of hydrogen-bond acceptors (Lipinski definition) is 2. The number of nitrogens with zero attached hydrogens (tertiary/aromatic N) is 1. The predicted molar refractivity (Wildman–Crippen MR) is 56.3 cm³/mol. The van der Waals surface area contributed by atoms with Crippen molar-refractivity contribution in [1.82, 2.24) is 4.98 Å². The second-order valence-electron chi connectivity index (χ2n) is 3.42. The molecule has 0 spiro atoms. The van der Waals surface area contributed by atoms with E-state index in [9.17, 15) is 0 Å². The largest absolute Gasteiger partial charge is 0.456 e. The number of benzene rings is 1. The van der Waals surface area contributed by atoms with E-state index in [1.54, 1.807) is 6.20 Å². The molecule has 0 saturated heterocycles. The van der Waals surface area contributed by atoms with E-state index in [0.717, 1.165) is 16.6 Å². The van der Waals surface area contributed by atoms with E-state index in [1.807, 2.05) is 24.4 Å². The number of fused-ring (bicyclic) bond motifs is 3. The molecule has 0 amide bonds. The lowest BCUT2D eigenvalue weighted by atomic mass is 10.1. The number of hydrogen-bond donors (Lipinski definition) is 0. The van der Waals surface area contributed by atoms with Gasteiger partial charge in [-0.05, 0) is 24.6 Å². The Bertz CT molecular complexity index is 610. The molecule has 0 saturated carbocycles. The normalized spacial score (nSPS) is 11.2. The van der Waals surface area contributed by atoms with Gasteiger partial charge < -0.3 is 4.42 Å². The minimum Gasteiger partial charge on any atom is -0.456 e. The van der Waals surface area contributed by atoms with Crippen molar-refractivity contribution < 1.29 is 4.42 Å². The van der Waals surface area contributed by atoms with Gasteiger partial charge in [-0.15, -0.1) is 0 Å². The van der Waals surface area contributed by atoms with Crippen LogP contribution in [0.15, 0.2) is 41.1 Å². The lowest BCUT2D eigenvalue weighted by Gasteiger charge is -1.92. The maximum Gasteiger partial charge on any atom is 0.138 e. The minimum absolute atomic E-state index is 0.907. The fourth-order valence-corrected chi connectivity index (χ4v) is 1.85. The van der Waals surface area contributed by atoms with E-state index < -0.39 is 0 Å². The standard InChI is InChI=1S/C12H9NO/c1-8-3-2-4-11-12(8)9-7-13-6-5-10(9)14-11/h2-7H,1H3. The van der Waals surface area contributed by atoms with Gasteiger partial charge in [0.25, 0.3) is 0 Å². The van der Waals surface area contributed by atoms with E-state index in [0.29, 0.717) is 0 Å². The van der Waals surface area contributed by atoms with Crippen molar-refractivity contribution in [1.29, 1.82) is 0 Å². The van der Waals surface area contributed by atoms with Crippen LogP contribution in [0.5, 0.6) is 0 Å². The number of rotatable bonds is 0. The lowest BCUT2D eigenvalue weighted by molar-refractivity contribution is 0.668. The molecule has 2 heterocycles. The molecule has 0 bridgehead atoms. The van der Waals surface area contributed by atoms with Gasteiger partial charge in [-0.25, -0.2) is 0 Å². The molecular weight excluding hydrogens is 174 g/mol. The smallest absolute Gasteiger partial charge is 0.138 e. The zero-order valence-electron chi connectivity index (χ0n) is 7.82. The molecule has 0 unspecified atom stereocenters. The van der Waals surface area contributed by atoms with Crippen molar-refractivity contribution in [2.75, 3.05) is 0 Å². The zero-order valence-corrected chi connectivity index (χ0v) is 7.82. The van der Waals surface area contributed by atoms with Crippen molar-refractivity contribution in [2.45, 2.75) is 6.92 Å². The van der Waals surface area contributed by atoms with Crippen LogP contribution in [0, 0.1) is 6.92 Å². The van der Waals surface area contributed by atoms with Crippen molar-refractivity contribution >= 4 is 21.9 Å². The van der Waals surface area contributed by atoms with Crippen molar-refractivity contribution in [3.05, 3.63) is 42.2 Å². The van der Waals surface area contributed by atoms with Gasteiger partial charge >= 0.3 is 0 Å². The molecule has 0 radical (unpaired) electrons. The van der Waals surface area contributed by atoms with Crippen LogP contribution in [0.1, 0.15) is 5.56 Å². The van der Waals surface area contributed by atoms with Gasteiger partial charge in [-0.3, -0.25) is 4.98 Å². The van der Waals surface area contributed by atoms with Gasteiger partial charge in [-0.1, -0.05) is 12.1 Å². The summed E-state index contributed by atoms with van der Waals surface area (Å²) in [5, 5.41) is 2.27. The second kappa shape index (κ2) is 2.58. The van der Waals surface area contributed by atoms with Crippen LogP contribution in [0.4, 0.5) is 0 Å². The summed E-state index contributed by atoms with van der Waals surface area (Å²) in [7, 11) is 0. The lowest BCUT2D eigenvalue weighted by Crippen LogP contribution is -1.73. The Labute approximate surface area is 81.2 Å². The molecular formula is C12H9NO. The Balaban J connectivity index is 2.65. The van der Waals surface area contributed by atoms with Crippen LogP contribution in [0.2, 0.25) is 0 Å². The Morgan fingerprint density at radius 2 is 2.07 bits per heavy atom. The summed E-state index contributed by atoms with van der Waals surface area (Å²) < 4.78 is 5.69. The molecule has 2 nitrogen and oxygen atoms in total. The molecule has 0 aliphatic carbocycles. The zero-order chi connectivity index (χ0) is 9.54. The average molecular weight is 183 g/mol. The molecule has 2 aromatic heterocycles. The molecule has 0 N–H and O–H groups in total. The van der Waals surface area contributed by atoms with Gasteiger partial charge in [0.1, 0.15) is 11.2 Å². The van der Waals surface area contributed by atoms with Crippen LogP contribution < -0.4 is 0 Å². The second-order valence-corrected chi connectivity index (χ2v) is 3.42. The van der Waals surface area contributed by atoms with Gasteiger partial charge in [0.2, 0.25) is 0 Å². The quantitative estimate of drug-likeness (QED) is 0.534. The molecule has 3 aromatic rings. The molecule has 0 atom stereocenters. The molecule has 0 aliphatic heterocycles. The highest BCUT2D eigenvalue weighted by atomic mass is 16.3. The van der Waals surface area contributed by atoms with Gasteiger partial charge in [-0.2, -0.15) is 0 Å². The first kappa shape index (κ1) is 7.56. The Morgan fingerprint density at radius 3 is 3.00 bits per heavy atom. The first-order chi connectivity index (χ1) is 6.86. The monoisotopic (exact) mass is 183 g/mol. The third-order valence-electron chi connectivity index (χ3n) is 2.50. The number of aryl methyl sites for hydroxylation is 1. The number of aromatic nitrogens is 1. The van der Waals surface area contributed by atoms with Crippen LogP contribution in [-0.2, 0) is 0 Å². The Morgan fingerprint density at radius 1 is 1.14 bits per heavy atom. The molecule has 2 heteroatoms. The molecule has 3 rings (SSSR count). The van der Waals surface area contributed by atoms with Crippen LogP contribution in [0.3, 0.4) is 0 Å². The van der Waals surface area contributed by atoms with E-state index >= 15 is 0 Å². The van der Waals surface area contributed by atoms with Crippen LogP contribution >= 0.6 is 0 Å². The Hall–Kier alpha value is -1.83. The first-order valence-corrected chi connectivity index (χ1v) is 4.58. The highest BCUT2D eigenvalue weighted by Gasteiger charge is 2.07. The maximum atomic E-state index is 5.69. The average Bonchev–Trinajstić information content (AvgIpc) is 2.57. The SMILES string of the molecule is Cc1cccc2oc3ccncc3c12. The highest BCUT2D eigenvalue weighted by molar-refractivity contribution is 6.06. The topological polar surface area (TPSA) is 26.0 Å². The summed E-state index contributed by atoms with van der Waals surface area (Å²) in [5.41, 5.74) is 3.08. The predicted octanol–water partition coefficient (Wildman–Crippen LogP) is 3.29. The summed E-state index contributed by atoms with van der Waals surface area (Å²) in [4.78, 5) is 4.12. The number of furan rings is 1. The van der Waals surface area contributed by atoms with E-state index in [4.69, 9.17) is 4.42 Å². The van der Waals surface area contributed by atoms with Crippen LogP contribution in [-0.4, -0.2) is 4.98 Å². The molecule has 0 aliphatic rings. The first-order valence-electron chi connectivity index (χ1n) is 4.58. The fourth-order valence-electron chi connectivity index (χ4n) is 1.85. The molecule has 14 heavy (non-hydrogen) atoms. The third kappa shape index (κ3) is 0.880. The fraction of sp³-hybridized carbons (Fsp3) is 0.0833. The summed E-state index contributed by atoms with van der Waals surface area (Å²) >= 11 is 0. The molecule has 68 valence electrons. The molecule has 1 aromatic carbocycles. The summed E-state index contributed by atoms with van der Waals surface area (Å²) in [5.74, 6) is 0. The van der Waals surface area contributed by atoms with Crippen molar-refractivity contribution in [2.24, 2.45) is 0 Å². The summed E-state index contributed by atoms with van der Waals surface area (Å²) in [6.45, 7) is 2.09. The van der Waals surface area contributed by atoms with Gasteiger partial charge in [0.15, 0.2) is 0 Å². The minimum atomic E-state index is 0.907. The third-order valence-corrected chi connectivity index (χ3v) is 2.50. The Kier molecular flexibility index (Phi) is 1.39. The molecule has 0 fully saturated rings.